The highest BCUT2D eigenvalue weighted by Gasteiger charge is 1.95. The second-order valence-corrected chi connectivity index (χ2v) is 2.86. The largest absolute Gasteiger partial charge is 0.494 e. The van der Waals surface area contributed by atoms with Gasteiger partial charge in [-0.1, -0.05) is 24.3 Å². The van der Waals surface area contributed by atoms with E-state index in [2.05, 4.69) is 12.1 Å². The molecule has 1 nitrogen and oxygen atoms in total. The lowest BCUT2D eigenvalue weighted by atomic mass is 10.1. The van der Waals surface area contributed by atoms with Crippen molar-refractivity contribution in [1.29, 1.82) is 0 Å². The van der Waals surface area contributed by atoms with E-state index in [0.29, 0.717) is 6.61 Å². The van der Waals surface area contributed by atoms with Crippen LogP contribution in [0, 0.1) is 6.07 Å². The minimum Gasteiger partial charge on any atom is -0.494 e. The third kappa shape index (κ3) is 1.64. The van der Waals surface area contributed by atoms with Gasteiger partial charge in [0.25, 0.3) is 0 Å². The molecule has 1 heteroatoms. The minimum absolute atomic E-state index is 0.701. The van der Waals surface area contributed by atoms with Gasteiger partial charge in [0, 0.05) is 0 Å². The lowest BCUT2D eigenvalue weighted by Crippen LogP contribution is -1.90. The molecule has 0 atom stereocenters. The van der Waals surface area contributed by atoms with Gasteiger partial charge in [0.1, 0.15) is 5.75 Å². The van der Waals surface area contributed by atoms with Gasteiger partial charge in [-0.15, -0.1) is 0 Å². The van der Waals surface area contributed by atoms with Crippen LogP contribution in [0.4, 0.5) is 0 Å². The molecule has 0 unspecified atom stereocenters. The summed E-state index contributed by atoms with van der Waals surface area (Å²) in [5, 5.41) is 2.31. The van der Waals surface area contributed by atoms with Gasteiger partial charge in [-0.25, -0.2) is 0 Å². The van der Waals surface area contributed by atoms with Crippen LogP contribution in [-0.4, -0.2) is 6.61 Å². The van der Waals surface area contributed by atoms with E-state index in [9.17, 15) is 0 Å². The Hall–Kier alpha value is -1.50. The molecule has 0 N–H and O–H groups in total. The van der Waals surface area contributed by atoms with Crippen molar-refractivity contribution >= 4 is 10.8 Å². The summed E-state index contributed by atoms with van der Waals surface area (Å²) in [6, 6.07) is 15.2. The summed E-state index contributed by atoms with van der Waals surface area (Å²) in [6.07, 6.45) is 0. The first-order valence-corrected chi connectivity index (χ1v) is 4.43. The number of hydrogen-bond acceptors (Lipinski definition) is 1. The molecule has 0 aliphatic heterocycles. The lowest BCUT2D eigenvalue weighted by Gasteiger charge is -2.03. The topological polar surface area (TPSA) is 9.23 Å². The molecule has 0 spiro atoms. The predicted molar refractivity (Wildman–Crippen MR) is 54.0 cm³/mol. The number of hydrogen-bond donors (Lipinski definition) is 0. The Morgan fingerprint density at radius 2 is 2.15 bits per heavy atom. The van der Waals surface area contributed by atoms with Gasteiger partial charge in [0.15, 0.2) is 0 Å². The standard InChI is InChI=1S/C12H11O/c1-2-13-12-8-7-10-5-3-4-6-11(10)9-12/h3-6,8-9H,2H2,1H3. The van der Waals surface area contributed by atoms with Crippen molar-refractivity contribution in [3.63, 3.8) is 0 Å². The monoisotopic (exact) mass is 171 g/mol. The molecule has 13 heavy (non-hydrogen) atoms. The van der Waals surface area contributed by atoms with Crippen LogP contribution in [0.2, 0.25) is 0 Å². The Kier molecular flexibility index (Phi) is 2.17. The molecular formula is C12H11O. The molecule has 0 saturated heterocycles. The Balaban J connectivity index is 2.49. The van der Waals surface area contributed by atoms with Crippen LogP contribution in [0.3, 0.4) is 0 Å². The average Bonchev–Trinajstić information content (AvgIpc) is 2.18. The molecule has 2 aromatic rings. The fourth-order valence-corrected chi connectivity index (χ4v) is 1.35. The van der Waals surface area contributed by atoms with Crippen molar-refractivity contribution in [2.75, 3.05) is 6.61 Å². The third-order valence-corrected chi connectivity index (χ3v) is 1.94. The zero-order valence-corrected chi connectivity index (χ0v) is 7.58. The molecule has 0 aromatic heterocycles. The van der Waals surface area contributed by atoms with E-state index in [4.69, 9.17) is 4.74 Å². The van der Waals surface area contributed by atoms with Crippen molar-refractivity contribution in [3.8, 4) is 5.75 Å². The van der Waals surface area contributed by atoms with E-state index in [0.717, 1.165) is 11.1 Å². The van der Waals surface area contributed by atoms with Crippen molar-refractivity contribution in [2.24, 2.45) is 0 Å². The average molecular weight is 171 g/mol. The smallest absolute Gasteiger partial charge is 0.120 e. The predicted octanol–water partition coefficient (Wildman–Crippen LogP) is 3.04. The van der Waals surface area contributed by atoms with E-state index < -0.39 is 0 Å². The number of benzene rings is 2. The second-order valence-electron chi connectivity index (χ2n) is 2.86. The molecule has 0 aliphatic carbocycles. The van der Waals surface area contributed by atoms with Gasteiger partial charge >= 0.3 is 0 Å². The maximum atomic E-state index is 5.38. The van der Waals surface area contributed by atoms with Crippen molar-refractivity contribution in [2.45, 2.75) is 6.92 Å². The molecule has 0 bridgehead atoms. The second kappa shape index (κ2) is 3.48. The van der Waals surface area contributed by atoms with Gasteiger partial charge in [0.05, 0.1) is 6.61 Å². The first kappa shape index (κ1) is 8.11. The van der Waals surface area contributed by atoms with Crippen molar-refractivity contribution in [3.05, 3.63) is 42.5 Å². The highest BCUT2D eigenvalue weighted by molar-refractivity contribution is 5.83. The minimum atomic E-state index is 0.701. The summed E-state index contributed by atoms with van der Waals surface area (Å²) >= 11 is 0. The molecule has 0 heterocycles. The van der Waals surface area contributed by atoms with E-state index >= 15 is 0 Å². The number of rotatable bonds is 2. The van der Waals surface area contributed by atoms with Crippen LogP contribution in [-0.2, 0) is 0 Å². The quantitative estimate of drug-likeness (QED) is 0.674. The van der Waals surface area contributed by atoms with E-state index in [-0.39, 0.29) is 0 Å². The molecule has 0 fully saturated rings. The SMILES string of the molecule is CCOc1c[c]c2ccccc2c1. The van der Waals surface area contributed by atoms with Crippen LogP contribution >= 0.6 is 0 Å². The summed E-state index contributed by atoms with van der Waals surface area (Å²) in [5.74, 6) is 0.890. The summed E-state index contributed by atoms with van der Waals surface area (Å²) in [6.45, 7) is 2.68. The van der Waals surface area contributed by atoms with Gasteiger partial charge in [-0.3, -0.25) is 0 Å². The van der Waals surface area contributed by atoms with Crippen molar-refractivity contribution in [1.82, 2.24) is 0 Å². The number of ether oxygens (including phenoxy) is 1. The fraction of sp³-hybridized carbons (Fsp3) is 0.167. The van der Waals surface area contributed by atoms with Crippen LogP contribution in [0.1, 0.15) is 6.92 Å². The molecular weight excluding hydrogens is 160 g/mol. The van der Waals surface area contributed by atoms with E-state index in [1.54, 1.807) is 0 Å². The summed E-state index contributed by atoms with van der Waals surface area (Å²) < 4.78 is 5.38. The van der Waals surface area contributed by atoms with Gasteiger partial charge < -0.3 is 4.74 Å². The Morgan fingerprint density at radius 1 is 1.31 bits per heavy atom. The summed E-state index contributed by atoms with van der Waals surface area (Å²) in [7, 11) is 0. The van der Waals surface area contributed by atoms with E-state index in [1.807, 2.05) is 37.3 Å². The molecule has 1 radical (unpaired) electrons. The van der Waals surface area contributed by atoms with E-state index in [1.165, 1.54) is 5.39 Å². The summed E-state index contributed by atoms with van der Waals surface area (Å²) in [4.78, 5) is 0. The third-order valence-electron chi connectivity index (χ3n) is 1.94. The normalized spacial score (nSPS) is 10.2. The van der Waals surface area contributed by atoms with Crippen LogP contribution in [0.5, 0.6) is 5.75 Å². The van der Waals surface area contributed by atoms with Gasteiger partial charge in [-0.05, 0) is 35.9 Å². The van der Waals surface area contributed by atoms with Gasteiger partial charge in [0.2, 0.25) is 0 Å². The first-order chi connectivity index (χ1) is 6.40. The van der Waals surface area contributed by atoms with Crippen LogP contribution in [0.25, 0.3) is 10.8 Å². The molecule has 65 valence electrons. The number of fused-ring (bicyclic) bond motifs is 1. The molecule has 2 rings (SSSR count). The summed E-state index contributed by atoms with van der Waals surface area (Å²) in [5.41, 5.74) is 0. The van der Waals surface area contributed by atoms with Crippen molar-refractivity contribution < 1.29 is 4.74 Å². The fourth-order valence-electron chi connectivity index (χ4n) is 1.35. The van der Waals surface area contributed by atoms with Gasteiger partial charge in [-0.2, -0.15) is 0 Å². The Labute approximate surface area is 78.0 Å². The Morgan fingerprint density at radius 3 is 3.00 bits per heavy atom. The maximum Gasteiger partial charge on any atom is 0.120 e. The Bertz CT molecular complexity index is 407. The molecule has 2 aromatic carbocycles. The zero-order chi connectivity index (χ0) is 9.10. The van der Waals surface area contributed by atoms with Crippen LogP contribution in [0.15, 0.2) is 36.4 Å². The van der Waals surface area contributed by atoms with Crippen LogP contribution < -0.4 is 4.74 Å². The zero-order valence-electron chi connectivity index (χ0n) is 7.58. The highest BCUT2D eigenvalue weighted by Crippen LogP contribution is 2.19. The lowest BCUT2D eigenvalue weighted by molar-refractivity contribution is 0.340. The first-order valence-electron chi connectivity index (χ1n) is 4.43. The molecule has 0 saturated carbocycles. The molecule has 0 amide bonds. The highest BCUT2D eigenvalue weighted by atomic mass is 16.5. The maximum absolute atomic E-state index is 5.38. The molecule has 0 aliphatic rings.